The molecule has 1 aromatic rings. The lowest BCUT2D eigenvalue weighted by atomic mass is 10.1. The van der Waals surface area contributed by atoms with Gasteiger partial charge in [0.05, 0.1) is 22.5 Å². The molecule has 1 aromatic carbocycles. The Morgan fingerprint density at radius 2 is 1.93 bits per heavy atom. The molecule has 10 heteroatoms. The predicted octanol–water partition coefficient (Wildman–Crippen LogP) is 1.30. The van der Waals surface area contributed by atoms with Gasteiger partial charge in [-0.15, -0.1) is 0 Å². The van der Waals surface area contributed by atoms with Crippen molar-refractivity contribution in [1.82, 2.24) is 10.0 Å². The van der Waals surface area contributed by atoms with Gasteiger partial charge in [-0.05, 0) is 31.4 Å². The molecule has 2 saturated heterocycles. The summed E-state index contributed by atoms with van der Waals surface area (Å²) in [5, 5.41) is 14.5. The summed E-state index contributed by atoms with van der Waals surface area (Å²) < 4.78 is 23.6. The SMILES string of the molecule is CN(C)N(C(=O)c1ccc(N2CCCC2)c([N+](=O)[O-])c1)C1CCS(=O)(=O)C1. The highest BCUT2D eigenvalue weighted by Crippen LogP contribution is 2.32. The Morgan fingerprint density at radius 1 is 1.26 bits per heavy atom. The van der Waals surface area contributed by atoms with E-state index in [-0.39, 0.29) is 22.8 Å². The molecule has 0 spiro atoms. The van der Waals surface area contributed by atoms with Gasteiger partial charge in [-0.25, -0.2) is 13.4 Å². The van der Waals surface area contributed by atoms with E-state index in [1.807, 2.05) is 4.90 Å². The lowest BCUT2D eigenvalue weighted by Crippen LogP contribution is -2.49. The molecule has 2 fully saturated rings. The van der Waals surface area contributed by atoms with Crippen molar-refractivity contribution < 1.29 is 18.1 Å². The Bertz CT molecular complexity index is 849. The number of hydrazine groups is 1. The number of nitrogens with zero attached hydrogens (tertiary/aromatic N) is 4. The second-order valence-electron chi connectivity index (χ2n) is 7.21. The Kier molecular flexibility index (Phi) is 5.38. The Hall–Kier alpha value is -2.20. The van der Waals surface area contributed by atoms with Crippen LogP contribution in [0.5, 0.6) is 0 Å². The second-order valence-corrected chi connectivity index (χ2v) is 9.44. The maximum absolute atomic E-state index is 13.0. The van der Waals surface area contributed by atoms with Crippen molar-refractivity contribution in [2.45, 2.75) is 25.3 Å². The average molecular weight is 396 g/mol. The van der Waals surface area contributed by atoms with Gasteiger partial charge in [-0.1, -0.05) is 0 Å². The van der Waals surface area contributed by atoms with Gasteiger partial charge in [0.2, 0.25) is 0 Å². The van der Waals surface area contributed by atoms with Crippen LogP contribution in [0, 0.1) is 10.1 Å². The van der Waals surface area contributed by atoms with Crippen LogP contribution in [0.3, 0.4) is 0 Å². The highest BCUT2D eigenvalue weighted by atomic mass is 32.2. The number of sulfone groups is 1. The van der Waals surface area contributed by atoms with Crippen molar-refractivity contribution in [3.8, 4) is 0 Å². The number of carbonyl (C=O) groups excluding carboxylic acids is 1. The highest BCUT2D eigenvalue weighted by Gasteiger charge is 2.37. The molecule has 0 aromatic heterocycles. The number of nitro benzene ring substituents is 1. The van der Waals surface area contributed by atoms with Crippen LogP contribution in [0.25, 0.3) is 0 Å². The van der Waals surface area contributed by atoms with Crippen molar-refractivity contribution in [1.29, 1.82) is 0 Å². The lowest BCUT2D eigenvalue weighted by molar-refractivity contribution is -0.384. The van der Waals surface area contributed by atoms with Crippen molar-refractivity contribution in [3.63, 3.8) is 0 Å². The summed E-state index contributed by atoms with van der Waals surface area (Å²) in [6.45, 7) is 1.52. The molecule has 0 N–H and O–H groups in total. The third-order valence-electron chi connectivity index (χ3n) is 5.06. The fourth-order valence-corrected chi connectivity index (χ4v) is 5.49. The minimum atomic E-state index is -3.16. The Labute approximate surface area is 158 Å². The molecule has 0 bridgehead atoms. The fourth-order valence-electron chi connectivity index (χ4n) is 3.80. The van der Waals surface area contributed by atoms with E-state index in [1.165, 1.54) is 11.1 Å². The molecule has 148 valence electrons. The van der Waals surface area contributed by atoms with Gasteiger partial charge in [0.25, 0.3) is 11.6 Å². The predicted molar refractivity (Wildman–Crippen MR) is 101 cm³/mol. The number of anilines is 1. The van der Waals surface area contributed by atoms with Crippen LogP contribution in [0.15, 0.2) is 18.2 Å². The molecule has 2 aliphatic heterocycles. The zero-order valence-electron chi connectivity index (χ0n) is 15.5. The van der Waals surface area contributed by atoms with Gasteiger partial charge in [0.15, 0.2) is 9.84 Å². The zero-order chi connectivity index (χ0) is 19.8. The van der Waals surface area contributed by atoms with E-state index in [1.54, 1.807) is 31.2 Å². The van der Waals surface area contributed by atoms with E-state index in [0.717, 1.165) is 25.9 Å². The number of amides is 1. The third kappa shape index (κ3) is 4.06. The monoisotopic (exact) mass is 396 g/mol. The van der Waals surface area contributed by atoms with Gasteiger partial charge >= 0.3 is 0 Å². The van der Waals surface area contributed by atoms with Crippen LogP contribution < -0.4 is 4.90 Å². The molecule has 3 rings (SSSR count). The van der Waals surface area contributed by atoms with E-state index >= 15 is 0 Å². The second kappa shape index (κ2) is 7.43. The fraction of sp³-hybridized carbons (Fsp3) is 0.588. The van der Waals surface area contributed by atoms with E-state index < -0.39 is 26.7 Å². The standard InChI is InChI=1S/C17H24N4O5S/c1-18(2)20(14-7-10-27(25,26)12-14)17(22)13-5-6-15(16(11-13)21(23)24)19-8-3-4-9-19/h5-6,11,14H,3-4,7-10,12H2,1-2H3. The number of hydrogen-bond donors (Lipinski definition) is 0. The highest BCUT2D eigenvalue weighted by molar-refractivity contribution is 7.91. The summed E-state index contributed by atoms with van der Waals surface area (Å²) in [5.41, 5.74) is 0.608. The van der Waals surface area contributed by atoms with Crippen LogP contribution in [0.4, 0.5) is 11.4 Å². The average Bonchev–Trinajstić information content (AvgIpc) is 3.23. The molecular formula is C17H24N4O5S. The third-order valence-corrected chi connectivity index (χ3v) is 6.81. The molecule has 0 aliphatic carbocycles. The van der Waals surface area contributed by atoms with Crippen molar-refractivity contribution in [2.24, 2.45) is 0 Å². The molecule has 2 aliphatic rings. The maximum atomic E-state index is 13.0. The van der Waals surface area contributed by atoms with Gasteiger partial charge in [-0.2, -0.15) is 0 Å². The van der Waals surface area contributed by atoms with Crippen molar-refractivity contribution in [3.05, 3.63) is 33.9 Å². The van der Waals surface area contributed by atoms with Gasteiger partial charge in [0, 0.05) is 38.8 Å². The Balaban J connectivity index is 1.92. The number of benzene rings is 1. The Morgan fingerprint density at radius 3 is 2.44 bits per heavy atom. The molecular weight excluding hydrogens is 372 g/mol. The van der Waals surface area contributed by atoms with Crippen molar-refractivity contribution >= 4 is 27.1 Å². The first kappa shape index (κ1) is 19.6. The first-order valence-electron chi connectivity index (χ1n) is 8.94. The van der Waals surface area contributed by atoms with E-state index in [2.05, 4.69) is 0 Å². The van der Waals surface area contributed by atoms with Crippen LogP contribution in [0.2, 0.25) is 0 Å². The summed E-state index contributed by atoms with van der Waals surface area (Å²) in [7, 11) is 0.161. The summed E-state index contributed by atoms with van der Waals surface area (Å²) in [6.07, 6.45) is 2.34. The number of rotatable bonds is 5. The normalized spacial score (nSPS) is 21.6. The van der Waals surface area contributed by atoms with Crippen LogP contribution in [0.1, 0.15) is 29.6 Å². The number of nitro groups is 1. The smallest absolute Gasteiger partial charge is 0.293 e. The summed E-state index contributed by atoms with van der Waals surface area (Å²) in [6, 6.07) is 4.05. The molecule has 1 unspecified atom stereocenters. The molecule has 0 saturated carbocycles. The first-order valence-corrected chi connectivity index (χ1v) is 10.8. The van der Waals surface area contributed by atoms with E-state index in [0.29, 0.717) is 12.1 Å². The van der Waals surface area contributed by atoms with Gasteiger partial charge in [-0.3, -0.25) is 19.9 Å². The molecule has 1 atom stereocenters. The minimum Gasteiger partial charge on any atom is -0.366 e. The number of hydrogen-bond acceptors (Lipinski definition) is 7. The largest absolute Gasteiger partial charge is 0.366 e. The van der Waals surface area contributed by atoms with Crippen LogP contribution >= 0.6 is 0 Å². The van der Waals surface area contributed by atoms with Gasteiger partial charge in [0.1, 0.15) is 5.69 Å². The molecule has 9 nitrogen and oxygen atoms in total. The lowest BCUT2D eigenvalue weighted by Gasteiger charge is -2.33. The van der Waals surface area contributed by atoms with E-state index in [9.17, 15) is 23.3 Å². The first-order chi connectivity index (χ1) is 12.7. The van der Waals surface area contributed by atoms with Crippen LogP contribution in [-0.4, -0.2) is 74.0 Å². The maximum Gasteiger partial charge on any atom is 0.293 e. The topological polar surface area (TPSA) is 104 Å². The molecule has 0 radical (unpaired) electrons. The number of carbonyl (C=O) groups is 1. The molecule has 27 heavy (non-hydrogen) atoms. The molecule has 1 amide bonds. The van der Waals surface area contributed by atoms with E-state index in [4.69, 9.17) is 0 Å². The summed E-state index contributed by atoms with van der Waals surface area (Å²) >= 11 is 0. The summed E-state index contributed by atoms with van der Waals surface area (Å²) in [5.74, 6) is -0.480. The minimum absolute atomic E-state index is 0.0450. The van der Waals surface area contributed by atoms with Crippen LogP contribution in [-0.2, 0) is 9.84 Å². The van der Waals surface area contributed by atoms with Crippen molar-refractivity contribution in [2.75, 3.05) is 43.6 Å². The molecule has 2 heterocycles. The summed E-state index contributed by atoms with van der Waals surface area (Å²) in [4.78, 5) is 26.1. The quantitative estimate of drug-likeness (QED) is 0.546. The zero-order valence-corrected chi connectivity index (χ0v) is 16.3. The van der Waals surface area contributed by atoms with Gasteiger partial charge < -0.3 is 4.90 Å².